The first-order valence-electron chi connectivity index (χ1n) is 5.43. The Labute approximate surface area is 89.8 Å². The maximum atomic E-state index is 2.37. The summed E-state index contributed by atoms with van der Waals surface area (Å²) in [5.41, 5.74) is 5.70. The van der Waals surface area contributed by atoms with E-state index in [0.29, 0.717) is 0 Å². The van der Waals surface area contributed by atoms with Crippen molar-refractivity contribution in [3.05, 3.63) is 59.7 Å². The Morgan fingerprint density at radius 3 is 1.67 bits per heavy atom. The molecule has 1 heteroatoms. The van der Waals surface area contributed by atoms with Crippen LogP contribution in [0.1, 0.15) is 11.1 Å². The second kappa shape index (κ2) is 3.52. The molecule has 2 N–H and O–H groups in total. The van der Waals surface area contributed by atoms with Crippen LogP contribution in [0.2, 0.25) is 0 Å². The molecule has 2 aromatic carbocycles. The largest absolute Gasteiger partial charge is 0.339 e. The van der Waals surface area contributed by atoms with Crippen molar-refractivity contribution < 1.29 is 5.32 Å². The Kier molecular flexibility index (Phi) is 2.04. The van der Waals surface area contributed by atoms with Gasteiger partial charge in [0.25, 0.3) is 0 Å². The first-order chi connectivity index (χ1) is 7.45. The van der Waals surface area contributed by atoms with Crippen molar-refractivity contribution in [1.29, 1.82) is 0 Å². The van der Waals surface area contributed by atoms with Gasteiger partial charge in [-0.1, -0.05) is 48.5 Å². The summed E-state index contributed by atoms with van der Waals surface area (Å²) < 4.78 is 0. The minimum Gasteiger partial charge on any atom is -0.339 e. The predicted octanol–water partition coefficient (Wildman–Crippen LogP) is 1.93. The molecule has 0 radical (unpaired) electrons. The number of fused-ring (bicyclic) bond motifs is 3. The summed E-state index contributed by atoms with van der Waals surface area (Å²) in [5.74, 6) is 0. The van der Waals surface area contributed by atoms with Gasteiger partial charge in [-0.3, -0.25) is 0 Å². The standard InChI is InChI=1S/C14H13N/c1-3-7-13-11(5-1)9-15-10-12-6-2-4-8-14(12)13/h1-8,15H,9-10H2/p+1. The highest BCUT2D eigenvalue weighted by atomic mass is 14.9. The van der Waals surface area contributed by atoms with Crippen LogP contribution in [0.25, 0.3) is 11.1 Å². The zero-order valence-electron chi connectivity index (χ0n) is 8.61. The number of nitrogens with two attached hydrogens (primary N) is 1. The topological polar surface area (TPSA) is 16.6 Å². The Morgan fingerprint density at radius 2 is 1.13 bits per heavy atom. The second-order valence-electron chi connectivity index (χ2n) is 4.01. The molecule has 0 aromatic heterocycles. The van der Waals surface area contributed by atoms with E-state index < -0.39 is 0 Å². The second-order valence-corrected chi connectivity index (χ2v) is 4.01. The first kappa shape index (κ1) is 8.69. The van der Waals surface area contributed by atoms with E-state index in [1.54, 1.807) is 0 Å². The fraction of sp³-hybridized carbons (Fsp3) is 0.143. The van der Waals surface area contributed by atoms with E-state index in [2.05, 4.69) is 53.8 Å². The summed E-state index contributed by atoms with van der Waals surface area (Å²) in [5, 5.41) is 2.37. The molecule has 0 saturated heterocycles. The van der Waals surface area contributed by atoms with Gasteiger partial charge in [0.15, 0.2) is 0 Å². The molecule has 0 bridgehead atoms. The van der Waals surface area contributed by atoms with Crippen LogP contribution in [-0.4, -0.2) is 0 Å². The van der Waals surface area contributed by atoms with E-state index in [1.165, 1.54) is 22.3 Å². The van der Waals surface area contributed by atoms with Gasteiger partial charge in [0.05, 0.1) is 0 Å². The number of quaternary nitrogens is 1. The average Bonchev–Trinajstić information content (AvgIpc) is 2.48. The van der Waals surface area contributed by atoms with Crippen LogP contribution in [0.4, 0.5) is 0 Å². The summed E-state index contributed by atoms with van der Waals surface area (Å²) in [6.07, 6.45) is 0. The zero-order valence-corrected chi connectivity index (χ0v) is 8.61. The number of rotatable bonds is 0. The third kappa shape index (κ3) is 1.45. The van der Waals surface area contributed by atoms with Gasteiger partial charge in [0, 0.05) is 11.1 Å². The van der Waals surface area contributed by atoms with Crippen molar-refractivity contribution in [2.45, 2.75) is 13.1 Å². The number of hydrogen-bond donors (Lipinski definition) is 1. The fourth-order valence-corrected chi connectivity index (χ4v) is 2.31. The monoisotopic (exact) mass is 196 g/mol. The molecule has 0 atom stereocenters. The van der Waals surface area contributed by atoms with Crippen LogP contribution < -0.4 is 5.32 Å². The molecular formula is C14H14N+. The molecule has 2 aromatic rings. The van der Waals surface area contributed by atoms with Gasteiger partial charge in [-0.25, -0.2) is 0 Å². The zero-order chi connectivity index (χ0) is 10.1. The molecule has 0 fully saturated rings. The maximum absolute atomic E-state index is 2.37. The third-order valence-corrected chi connectivity index (χ3v) is 3.05. The molecular weight excluding hydrogens is 182 g/mol. The summed E-state index contributed by atoms with van der Waals surface area (Å²) >= 11 is 0. The van der Waals surface area contributed by atoms with Crippen molar-refractivity contribution >= 4 is 0 Å². The lowest BCUT2D eigenvalue weighted by atomic mass is 9.97. The van der Waals surface area contributed by atoms with E-state index in [4.69, 9.17) is 0 Å². The van der Waals surface area contributed by atoms with Gasteiger partial charge in [-0.15, -0.1) is 0 Å². The SMILES string of the molecule is c1ccc2c(c1)C[NH2+]Cc1ccccc1-2. The molecule has 15 heavy (non-hydrogen) atoms. The van der Waals surface area contributed by atoms with E-state index >= 15 is 0 Å². The van der Waals surface area contributed by atoms with E-state index in [0.717, 1.165) is 13.1 Å². The van der Waals surface area contributed by atoms with Crippen LogP contribution in [0, 0.1) is 0 Å². The van der Waals surface area contributed by atoms with Crippen LogP contribution in [-0.2, 0) is 13.1 Å². The van der Waals surface area contributed by atoms with Gasteiger partial charge in [-0.05, 0) is 11.1 Å². The van der Waals surface area contributed by atoms with Crippen molar-refractivity contribution in [3.8, 4) is 11.1 Å². The summed E-state index contributed by atoms with van der Waals surface area (Å²) in [7, 11) is 0. The first-order valence-corrected chi connectivity index (χ1v) is 5.43. The van der Waals surface area contributed by atoms with Gasteiger partial charge < -0.3 is 5.32 Å². The summed E-state index contributed by atoms with van der Waals surface area (Å²) in [4.78, 5) is 0. The lowest BCUT2D eigenvalue weighted by Crippen LogP contribution is -2.80. The average molecular weight is 196 g/mol. The van der Waals surface area contributed by atoms with Crippen LogP contribution in [0.3, 0.4) is 0 Å². The molecule has 0 unspecified atom stereocenters. The molecule has 3 rings (SSSR count). The molecule has 1 nitrogen and oxygen atoms in total. The highest BCUT2D eigenvalue weighted by Gasteiger charge is 2.14. The number of hydrogen-bond acceptors (Lipinski definition) is 0. The smallest absolute Gasteiger partial charge is 0.102 e. The maximum Gasteiger partial charge on any atom is 0.102 e. The minimum absolute atomic E-state index is 1.09. The van der Waals surface area contributed by atoms with Crippen molar-refractivity contribution in [3.63, 3.8) is 0 Å². The highest BCUT2D eigenvalue weighted by Crippen LogP contribution is 2.27. The van der Waals surface area contributed by atoms with Crippen molar-refractivity contribution in [2.75, 3.05) is 0 Å². The van der Waals surface area contributed by atoms with Gasteiger partial charge in [0.1, 0.15) is 13.1 Å². The van der Waals surface area contributed by atoms with Gasteiger partial charge in [-0.2, -0.15) is 0 Å². The lowest BCUT2D eigenvalue weighted by Gasteiger charge is -2.05. The molecule has 1 aliphatic heterocycles. The molecule has 0 aliphatic carbocycles. The quantitative estimate of drug-likeness (QED) is 0.663. The summed E-state index contributed by atoms with van der Waals surface area (Å²) in [6.45, 7) is 2.18. The molecule has 0 spiro atoms. The molecule has 0 amide bonds. The Hall–Kier alpha value is -1.60. The minimum atomic E-state index is 1.09. The molecule has 1 heterocycles. The normalized spacial score (nSPS) is 13.9. The Morgan fingerprint density at radius 1 is 0.667 bits per heavy atom. The van der Waals surface area contributed by atoms with E-state index in [-0.39, 0.29) is 0 Å². The Balaban J connectivity index is 2.27. The number of benzene rings is 2. The fourth-order valence-electron chi connectivity index (χ4n) is 2.31. The highest BCUT2D eigenvalue weighted by molar-refractivity contribution is 5.70. The predicted molar refractivity (Wildman–Crippen MR) is 61.2 cm³/mol. The van der Waals surface area contributed by atoms with Crippen LogP contribution >= 0.6 is 0 Å². The van der Waals surface area contributed by atoms with E-state index in [9.17, 15) is 0 Å². The molecule has 1 aliphatic rings. The van der Waals surface area contributed by atoms with E-state index in [1.807, 2.05) is 0 Å². The van der Waals surface area contributed by atoms with Gasteiger partial charge in [0.2, 0.25) is 0 Å². The molecule has 0 saturated carbocycles. The molecule has 74 valence electrons. The van der Waals surface area contributed by atoms with Crippen LogP contribution in [0.15, 0.2) is 48.5 Å². The van der Waals surface area contributed by atoms with Crippen molar-refractivity contribution in [2.24, 2.45) is 0 Å². The lowest BCUT2D eigenvalue weighted by molar-refractivity contribution is -0.685. The Bertz CT molecular complexity index is 443. The third-order valence-electron chi connectivity index (χ3n) is 3.05. The van der Waals surface area contributed by atoms with Gasteiger partial charge >= 0.3 is 0 Å². The summed E-state index contributed by atoms with van der Waals surface area (Å²) in [6, 6.07) is 17.4. The van der Waals surface area contributed by atoms with Crippen LogP contribution in [0.5, 0.6) is 0 Å². The van der Waals surface area contributed by atoms with Crippen molar-refractivity contribution in [1.82, 2.24) is 0 Å².